The van der Waals surface area contributed by atoms with Gasteiger partial charge in [-0.25, -0.2) is 0 Å². The molecule has 0 N–H and O–H groups in total. The van der Waals surface area contributed by atoms with E-state index in [2.05, 4.69) is 88.5 Å². The molecular weight excluding hydrogens is 316 g/mol. The molecule has 0 nitrogen and oxygen atoms in total. The van der Waals surface area contributed by atoms with Gasteiger partial charge in [0.15, 0.2) is 0 Å². The fourth-order valence-corrected chi connectivity index (χ4v) is 7.15. The molecule has 1 unspecified atom stereocenters. The molecule has 0 spiro atoms. The second kappa shape index (κ2) is 6.14. The van der Waals surface area contributed by atoms with Crippen LogP contribution in [0, 0.1) is 5.92 Å². The van der Waals surface area contributed by atoms with Gasteiger partial charge in [-0.3, -0.25) is 0 Å². The van der Waals surface area contributed by atoms with Crippen molar-refractivity contribution < 1.29 is 0 Å². The van der Waals surface area contributed by atoms with Crippen molar-refractivity contribution in [2.45, 2.75) is 45.3 Å². The minimum Gasteiger partial charge on any atom is -0.0714 e. The summed E-state index contributed by atoms with van der Waals surface area (Å²) in [6.45, 7) is 12.0. The largest absolute Gasteiger partial charge is 0.0714 e. The zero-order valence-electron chi connectivity index (χ0n) is 16.0. The molecule has 2 aliphatic carbocycles. The summed E-state index contributed by atoms with van der Waals surface area (Å²) in [4.78, 5) is 0. The van der Waals surface area contributed by atoms with Gasteiger partial charge < -0.3 is 0 Å². The van der Waals surface area contributed by atoms with E-state index in [0.29, 0.717) is 17.4 Å². The van der Waals surface area contributed by atoms with Crippen molar-refractivity contribution in [1.82, 2.24) is 0 Å². The molecule has 2 atom stereocenters. The molecule has 0 radical (unpaired) electrons. The Bertz CT molecular complexity index is 883. The number of benzene rings is 2. The number of fused-ring (bicyclic) bond motifs is 2. The standard InChI is InChI=1S/C24H28Si/c1-15(2)21-14-22-19(11-8-12-20(22)24(21)25(4)5)23-16(3)13-17-9-6-7-10-18(17)23/h6-15,23-25H,1-5H3/t23-,24?/m1/s1. The predicted octanol–water partition coefficient (Wildman–Crippen LogP) is 6.40. The Morgan fingerprint density at radius 1 is 0.840 bits per heavy atom. The van der Waals surface area contributed by atoms with E-state index in [9.17, 15) is 0 Å². The van der Waals surface area contributed by atoms with Gasteiger partial charge in [0.2, 0.25) is 0 Å². The number of allylic oxidation sites excluding steroid dienone is 2. The Morgan fingerprint density at radius 2 is 1.52 bits per heavy atom. The van der Waals surface area contributed by atoms with E-state index in [-0.39, 0.29) is 0 Å². The van der Waals surface area contributed by atoms with E-state index < -0.39 is 8.80 Å². The van der Waals surface area contributed by atoms with Crippen LogP contribution in [-0.4, -0.2) is 8.80 Å². The van der Waals surface area contributed by atoms with E-state index in [4.69, 9.17) is 0 Å². The third-order valence-corrected chi connectivity index (χ3v) is 8.05. The molecule has 25 heavy (non-hydrogen) atoms. The van der Waals surface area contributed by atoms with Crippen molar-refractivity contribution in [3.8, 4) is 0 Å². The Balaban J connectivity index is 1.90. The molecule has 0 heterocycles. The lowest BCUT2D eigenvalue weighted by Gasteiger charge is -2.23. The zero-order valence-corrected chi connectivity index (χ0v) is 17.2. The lowest BCUT2D eigenvalue weighted by atomic mass is 9.85. The number of hydrogen-bond donors (Lipinski definition) is 0. The summed E-state index contributed by atoms with van der Waals surface area (Å²) in [6, 6.07) is 15.9. The molecule has 4 rings (SSSR count). The van der Waals surface area contributed by atoms with Crippen LogP contribution in [0.2, 0.25) is 13.1 Å². The normalized spacial score (nSPS) is 21.4. The highest BCUT2D eigenvalue weighted by atomic mass is 28.3. The van der Waals surface area contributed by atoms with Crippen LogP contribution in [0.25, 0.3) is 12.2 Å². The lowest BCUT2D eigenvalue weighted by molar-refractivity contribution is 0.741. The van der Waals surface area contributed by atoms with E-state index >= 15 is 0 Å². The second-order valence-electron chi connectivity index (χ2n) is 8.32. The van der Waals surface area contributed by atoms with Crippen LogP contribution in [0.15, 0.2) is 53.6 Å². The first-order valence-corrected chi connectivity index (χ1v) is 12.6. The molecule has 2 aliphatic rings. The van der Waals surface area contributed by atoms with Gasteiger partial charge in [-0.05, 0) is 46.2 Å². The molecule has 128 valence electrons. The minimum atomic E-state index is -0.794. The quantitative estimate of drug-likeness (QED) is 0.565. The molecule has 0 aliphatic heterocycles. The van der Waals surface area contributed by atoms with Gasteiger partial charge in [0.25, 0.3) is 0 Å². The maximum Gasteiger partial charge on any atom is 0.0440 e. The van der Waals surface area contributed by atoms with Crippen LogP contribution in [0.5, 0.6) is 0 Å². The first kappa shape index (κ1) is 16.6. The van der Waals surface area contributed by atoms with Gasteiger partial charge in [-0.2, -0.15) is 0 Å². The van der Waals surface area contributed by atoms with Gasteiger partial charge >= 0.3 is 0 Å². The van der Waals surface area contributed by atoms with Crippen LogP contribution in [0.1, 0.15) is 60.0 Å². The summed E-state index contributed by atoms with van der Waals surface area (Å²) in [7, 11) is -0.794. The monoisotopic (exact) mass is 344 g/mol. The highest BCUT2D eigenvalue weighted by Gasteiger charge is 2.34. The van der Waals surface area contributed by atoms with Crippen molar-refractivity contribution in [2.75, 3.05) is 0 Å². The SMILES string of the molecule is CC1=Cc2ccccc2[C@@H]1c1cccc2c1C=C(C(C)C)C2[SiH](C)C. The molecule has 2 aromatic carbocycles. The van der Waals surface area contributed by atoms with E-state index in [1.54, 1.807) is 11.1 Å². The summed E-state index contributed by atoms with van der Waals surface area (Å²) in [5.41, 5.74) is 11.3. The molecule has 1 heteroatoms. The van der Waals surface area contributed by atoms with Crippen molar-refractivity contribution in [2.24, 2.45) is 5.92 Å². The van der Waals surface area contributed by atoms with Crippen LogP contribution in [0.3, 0.4) is 0 Å². The maximum atomic E-state index is 2.54. The smallest absolute Gasteiger partial charge is 0.0440 e. The van der Waals surface area contributed by atoms with Gasteiger partial charge in [0, 0.05) is 14.7 Å². The number of rotatable bonds is 3. The van der Waals surface area contributed by atoms with Crippen LogP contribution >= 0.6 is 0 Å². The van der Waals surface area contributed by atoms with Gasteiger partial charge in [0.1, 0.15) is 0 Å². The Labute approximate surface area is 153 Å². The van der Waals surface area contributed by atoms with Crippen LogP contribution in [-0.2, 0) is 0 Å². The highest BCUT2D eigenvalue weighted by molar-refractivity contribution is 6.58. The first-order chi connectivity index (χ1) is 12.0. The average Bonchev–Trinajstić information content (AvgIpc) is 3.11. The maximum absolute atomic E-state index is 2.54. The Hall–Kier alpha value is -1.86. The summed E-state index contributed by atoms with van der Waals surface area (Å²) in [6.07, 6.45) is 4.91. The molecule has 0 amide bonds. The molecule has 2 aromatic rings. The summed E-state index contributed by atoms with van der Waals surface area (Å²) in [5, 5.41) is 0. The summed E-state index contributed by atoms with van der Waals surface area (Å²) in [5.74, 6) is 1.05. The molecular formula is C24H28Si. The third kappa shape index (κ3) is 2.57. The lowest BCUT2D eigenvalue weighted by Crippen LogP contribution is -2.19. The topological polar surface area (TPSA) is 0 Å². The van der Waals surface area contributed by atoms with Crippen molar-refractivity contribution in [3.05, 3.63) is 81.4 Å². The Morgan fingerprint density at radius 3 is 2.24 bits per heavy atom. The van der Waals surface area contributed by atoms with Crippen LogP contribution < -0.4 is 0 Å². The van der Waals surface area contributed by atoms with Gasteiger partial charge in [0.05, 0.1) is 0 Å². The minimum absolute atomic E-state index is 0.420. The van der Waals surface area contributed by atoms with E-state index in [1.807, 2.05) is 0 Å². The summed E-state index contributed by atoms with van der Waals surface area (Å²) >= 11 is 0. The predicted molar refractivity (Wildman–Crippen MR) is 113 cm³/mol. The van der Waals surface area contributed by atoms with Crippen LogP contribution in [0.4, 0.5) is 0 Å². The van der Waals surface area contributed by atoms with Gasteiger partial charge in [-0.15, -0.1) is 0 Å². The summed E-state index contributed by atoms with van der Waals surface area (Å²) < 4.78 is 0. The second-order valence-corrected chi connectivity index (χ2v) is 11.5. The molecule has 0 saturated carbocycles. The van der Waals surface area contributed by atoms with Crippen molar-refractivity contribution in [1.29, 1.82) is 0 Å². The fourth-order valence-electron chi connectivity index (χ4n) is 4.89. The van der Waals surface area contributed by atoms with Crippen molar-refractivity contribution in [3.63, 3.8) is 0 Å². The van der Waals surface area contributed by atoms with Gasteiger partial charge in [-0.1, -0.05) is 92.7 Å². The average molecular weight is 345 g/mol. The van der Waals surface area contributed by atoms with E-state index in [0.717, 1.165) is 0 Å². The third-order valence-electron chi connectivity index (χ3n) is 5.97. The van der Waals surface area contributed by atoms with E-state index in [1.165, 1.54) is 27.8 Å². The van der Waals surface area contributed by atoms with Crippen molar-refractivity contribution >= 4 is 20.9 Å². The Kier molecular flexibility index (Phi) is 4.08. The molecule has 0 aromatic heterocycles. The first-order valence-electron chi connectivity index (χ1n) is 9.60. The zero-order chi connectivity index (χ0) is 17.7. The molecule has 0 bridgehead atoms. The molecule has 0 saturated heterocycles. The molecule has 0 fully saturated rings. The number of hydrogen-bond acceptors (Lipinski definition) is 0. The fraction of sp³-hybridized carbons (Fsp3) is 0.333. The highest BCUT2D eigenvalue weighted by Crippen LogP contribution is 2.48.